The normalized spacial score (nSPS) is 30.1. The Morgan fingerprint density at radius 3 is 2.63 bits per heavy atom. The second-order valence-electron chi connectivity index (χ2n) is 6.50. The van der Waals surface area contributed by atoms with E-state index in [1.54, 1.807) is 0 Å². The first-order valence-corrected chi connectivity index (χ1v) is 7.73. The number of amides is 2. The Balaban J connectivity index is 1.72. The lowest BCUT2D eigenvalue weighted by Crippen LogP contribution is -2.63. The van der Waals surface area contributed by atoms with Gasteiger partial charge in [-0.2, -0.15) is 0 Å². The monoisotopic (exact) mass is 264 g/mol. The Bertz CT molecular complexity index is 384. The van der Waals surface area contributed by atoms with Crippen molar-refractivity contribution in [3.8, 4) is 0 Å². The molecule has 1 atom stereocenters. The van der Waals surface area contributed by atoms with Crippen LogP contribution in [-0.4, -0.2) is 47.3 Å². The molecule has 19 heavy (non-hydrogen) atoms. The van der Waals surface area contributed by atoms with Crippen LogP contribution in [0.3, 0.4) is 0 Å². The molecule has 3 rings (SSSR count). The third-order valence-electron chi connectivity index (χ3n) is 5.44. The summed E-state index contributed by atoms with van der Waals surface area (Å²) in [5.74, 6) is 0.369. The number of hydrogen-bond acceptors (Lipinski definition) is 2. The average Bonchev–Trinajstić information content (AvgIpc) is 2.39. The van der Waals surface area contributed by atoms with E-state index in [1.807, 2.05) is 9.80 Å². The van der Waals surface area contributed by atoms with Crippen LogP contribution in [0.4, 0.5) is 0 Å². The number of carbonyl (C=O) groups excluding carboxylic acids is 2. The van der Waals surface area contributed by atoms with Gasteiger partial charge in [0.2, 0.25) is 11.8 Å². The van der Waals surface area contributed by atoms with Gasteiger partial charge in [-0.05, 0) is 43.9 Å². The summed E-state index contributed by atoms with van der Waals surface area (Å²) in [6.45, 7) is 4.11. The van der Waals surface area contributed by atoms with E-state index in [0.717, 1.165) is 38.8 Å². The summed E-state index contributed by atoms with van der Waals surface area (Å²) in [6, 6.07) is -0.149. The number of piperazine rings is 1. The van der Waals surface area contributed by atoms with Gasteiger partial charge in [0.05, 0.1) is 6.54 Å². The molecule has 106 valence electrons. The van der Waals surface area contributed by atoms with Crippen LogP contribution in [0.1, 0.15) is 51.9 Å². The van der Waals surface area contributed by atoms with Crippen molar-refractivity contribution in [1.29, 1.82) is 0 Å². The zero-order chi connectivity index (χ0) is 13.5. The molecular formula is C15H24N2O2. The van der Waals surface area contributed by atoms with Crippen LogP contribution < -0.4 is 0 Å². The maximum atomic E-state index is 12.6. The third-order valence-corrected chi connectivity index (χ3v) is 5.44. The van der Waals surface area contributed by atoms with Gasteiger partial charge in [-0.1, -0.05) is 13.3 Å². The predicted molar refractivity (Wildman–Crippen MR) is 72.5 cm³/mol. The van der Waals surface area contributed by atoms with Crippen molar-refractivity contribution in [2.45, 2.75) is 57.9 Å². The summed E-state index contributed by atoms with van der Waals surface area (Å²) in [4.78, 5) is 28.4. The minimum Gasteiger partial charge on any atom is -0.331 e. The van der Waals surface area contributed by atoms with Crippen molar-refractivity contribution in [3.05, 3.63) is 0 Å². The fraction of sp³-hybridized carbons (Fsp3) is 0.867. The standard InChI is InChI=1S/C15H24N2O2/c1-2-15(7-5-8-15)11-16-10-13(18)17-9-4-3-6-12(17)14(16)19/h12H,2-11H2,1H3. The van der Waals surface area contributed by atoms with Gasteiger partial charge in [-0.3, -0.25) is 9.59 Å². The molecule has 0 N–H and O–H groups in total. The number of carbonyl (C=O) groups is 2. The summed E-state index contributed by atoms with van der Waals surface area (Å²) < 4.78 is 0. The van der Waals surface area contributed by atoms with E-state index in [4.69, 9.17) is 0 Å². The first kappa shape index (κ1) is 12.9. The Hall–Kier alpha value is -1.06. The molecule has 0 radical (unpaired) electrons. The Labute approximate surface area is 115 Å². The van der Waals surface area contributed by atoms with Gasteiger partial charge in [0.1, 0.15) is 6.04 Å². The Morgan fingerprint density at radius 1 is 1.21 bits per heavy atom. The van der Waals surface area contributed by atoms with Crippen LogP contribution >= 0.6 is 0 Å². The van der Waals surface area contributed by atoms with Crippen LogP contribution in [0.15, 0.2) is 0 Å². The van der Waals surface area contributed by atoms with E-state index >= 15 is 0 Å². The highest BCUT2D eigenvalue weighted by atomic mass is 16.2. The SMILES string of the molecule is CCC1(CN2CC(=O)N3CCCCC3C2=O)CCC1. The Kier molecular flexibility index (Phi) is 3.27. The van der Waals surface area contributed by atoms with Gasteiger partial charge >= 0.3 is 0 Å². The van der Waals surface area contributed by atoms with Crippen molar-refractivity contribution in [3.63, 3.8) is 0 Å². The Morgan fingerprint density at radius 2 is 2.00 bits per heavy atom. The minimum absolute atomic E-state index is 0.149. The van der Waals surface area contributed by atoms with Gasteiger partial charge in [-0.15, -0.1) is 0 Å². The highest BCUT2D eigenvalue weighted by Crippen LogP contribution is 2.44. The van der Waals surface area contributed by atoms with E-state index in [2.05, 4.69) is 6.92 Å². The highest BCUT2D eigenvalue weighted by Gasteiger charge is 2.44. The van der Waals surface area contributed by atoms with E-state index in [0.29, 0.717) is 12.0 Å². The number of nitrogens with zero attached hydrogens (tertiary/aromatic N) is 2. The smallest absolute Gasteiger partial charge is 0.245 e. The van der Waals surface area contributed by atoms with E-state index < -0.39 is 0 Å². The van der Waals surface area contributed by atoms with Crippen molar-refractivity contribution in [1.82, 2.24) is 9.80 Å². The maximum absolute atomic E-state index is 12.6. The maximum Gasteiger partial charge on any atom is 0.245 e. The fourth-order valence-electron chi connectivity index (χ4n) is 3.87. The van der Waals surface area contributed by atoms with Crippen LogP contribution in [-0.2, 0) is 9.59 Å². The zero-order valence-corrected chi connectivity index (χ0v) is 11.9. The molecule has 4 nitrogen and oxygen atoms in total. The van der Waals surface area contributed by atoms with Crippen LogP contribution in [0.25, 0.3) is 0 Å². The third kappa shape index (κ3) is 2.15. The molecule has 2 amide bonds. The molecule has 4 heteroatoms. The average molecular weight is 264 g/mol. The van der Waals surface area contributed by atoms with E-state index in [1.165, 1.54) is 19.3 Å². The molecule has 1 unspecified atom stereocenters. The molecule has 0 aromatic rings. The van der Waals surface area contributed by atoms with Crippen molar-refractivity contribution in [2.24, 2.45) is 5.41 Å². The van der Waals surface area contributed by atoms with E-state index in [-0.39, 0.29) is 17.9 Å². The summed E-state index contributed by atoms with van der Waals surface area (Å²) in [6.07, 6.45) is 7.83. The topological polar surface area (TPSA) is 40.6 Å². The predicted octanol–water partition coefficient (Wildman–Crippen LogP) is 1.79. The molecule has 0 spiro atoms. The molecule has 2 heterocycles. The molecule has 3 fully saturated rings. The lowest BCUT2D eigenvalue weighted by Gasteiger charge is -2.49. The first-order chi connectivity index (χ1) is 9.15. The molecule has 2 saturated heterocycles. The fourth-order valence-corrected chi connectivity index (χ4v) is 3.87. The first-order valence-electron chi connectivity index (χ1n) is 7.73. The molecule has 3 aliphatic rings. The quantitative estimate of drug-likeness (QED) is 0.779. The number of rotatable bonds is 3. The van der Waals surface area contributed by atoms with Crippen LogP contribution in [0.2, 0.25) is 0 Å². The number of hydrogen-bond donors (Lipinski definition) is 0. The van der Waals surface area contributed by atoms with Gasteiger partial charge < -0.3 is 9.80 Å². The lowest BCUT2D eigenvalue weighted by molar-refractivity contribution is -0.160. The van der Waals surface area contributed by atoms with Gasteiger partial charge in [0.15, 0.2) is 0 Å². The molecule has 1 aliphatic carbocycles. The van der Waals surface area contributed by atoms with Crippen molar-refractivity contribution >= 4 is 11.8 Å². The van der Waals surface area contributed by atoms with Crippen molar-refractivity contribution < 1.29 is 9.59 Å². The zero-order valence-electron chi connectivity index (χ0n) is 11.9. The largest absolute Gasteiger partial charge is 0.331 e. The van der Waals surface area contributed by atoms with Crippen molar-refractivity contribution in [2.75, 3.05) is 19.6 Å². The minimum atomic E-state index is -0.149. The summed E-state index contributed by atoms with van der Waals surface area (Å²) >= 11 is 0. The highest BCUT2D eigenvalue weighted by molar-refractivity contribution is 5.95. The molecule has 2 aliphatic heterocycles. The lowest BCUT2D eigenvalue weighted by atomic mass is 9.66. The molecular weight excluding hydrogens is 240 g/mol. The molecule has 0 bridgehead atoms. The second kappa shape index (κ2) is 4.80. The summed E-state index contributed by atoms with van der Waals surface area (Å²) in [7, 11) is 0. The number of fused-ring (bicyclic) bond motifs is 1. The van der Waals surface area contributed by atoms with Gasteiger partial charge in [0.25, 0.3) is 0 Å². The van der Waals surface area contributed by atoms with Gasteiger partial charge in [-0.25, -0.2) is 0 Å². The summed E-state index contributed by atoms with van der Waals surface area (Å²) in [5, 5.41) is 0. The number of piperidine rings is 1. The van der Waals surface area contributed by atoms with Gasteiger partial charge in [0, 0.05) is 13.1 Å². The molecule has 0 aromatic heterocycles. The molecule has 1 saturated carbocycles. The summed E-state index contributed by atoms with van der Waals surface area (Å²) in [5.41, 5.74) is 0.312. The molecule has 0 aromatic carbocycles. The van der Waals surface area contributed by atoms with Crippen LogP contribution in [0, 0.1) is 5.41 Å². The van der Waals surface area contributed by atoms with Crippen LogP contribution in [0.5, 0.6) is 0 Å². The second-order valence-corrected chi connectivity index (χ2v) is 6.50. The van der Waals surface area contributed by atoms with E-state index in [9.17, 15) is 9.59 Å².